The second-order valence-corrected chi connectivity index (χ2v) is 3.34. The molecular weight excluding hydrogens is 169 g/mol. The fourth-order valence-electron chi connectivity index (χ4n) is 1.27. The van der Waals surface area contributed by atoms with Gasteiger partial charge in [0.05, 0.1) is 5.69 Å². The van der Waals surface area contributed by atoms with E-state index in [0.717, 1.165) is 13.0 Å². The van der Waals surface area contributed by atoms with E-state index in [2.05, 4.69) is 5.10 Å². The molecule has 74 valence electrons. The molecular formula is C9H16FN3. The largest absolute Gasteiger partial charge is 0.327 e. The summed E-state index contributed by atoms with van der Waals surface area (Å²) in [4.78, 5) is 0. The minimum Gasteiger partial charge on any atom is -0.327 e. The van der Waals surface area contributed by atoms with Gasteiger partial charge in [-0.25, -0.2) is 4.39 Å². The molecule has 1 aromatic rings. The maximum atomic E-state index is 13.8. The van der Waals surface area contributed by atoms with E-state index in [0.29, 0.717) is 5.69 Å². The van der Waals surface area contributed by atoms with Crippen LogP contribution in [-0.2, 0) is 12.2 Å². The predicted octanol–water partition coefficient (Wildman–Crippen LogP) is 1.44. The highest BCUT2D eigenvalue weighted by atomic mass is 19.1. The number of nitrogens with two attached hydrogens (primary N) is 1. The normalized spacial score (nSPS) is 15.7. The van der Waals surface area contributed by atoms with E-state index in [1.807, 2.05) is 6.92 Å². The number of aryl methyl sites for hydroxylation is 1. The summed E-state index contributed by atoms with van der Waals surface area (Å²) in [6.45, 7) is 4.24. The van der Waals surface area contributed by atoms with Crippen LogP contribution in [0.1, 0.15) is 26.0 Å². The van der Waals surface area contributed by atoms with Crippen molar-refractivity contribution in [2.75, 3.05) is 6.54 Å². The molecule has 2 N–H and O–H groups in total. The summed E-state index contributed by atoms with van der Waals surface area (Å²) in [5, 5.41) is 4.04. The van der Waals surface area contributed by atoms with Gasteiger partial charge in [-0.05, 0) is 19.4 Å². The highest BCUT2D eigenvalue weighted by molar-refractivity contribution is 5.11. The zero-order chi connectivity index (χ0) is 9.90. The van der Waals surface area contributed by atoms with Crippen molar-refractivity contribution in [3.05, 3.63) is 18.0 Å². The third-order valence-electron chi connectivity index (χ3n) is 2.07. The van der Waals surface area contributed by atoms with Crippen molar-refractivity contribution in [3.63, 3.8) is 0 Å². The average molecular weight is 185 g/mol. The number of hydrogen-bond acceptors (Lipinski definition) is 2. The van der Waals surface area contributed by atoms with Crippen LogP contribution in [0.5, 0.6) is 0 Å². The fraction of sp³-hybridized carbons (Fsp3) is 0.667. The van der Waals surface area contributed by atoms with Crippen molar-refractivity contribution in [2.24, 2.45) is 5.73 Å². The molecule has 0 saturated heterocycles. The van der Waals surface area contributed by atoms with E-state index in [9.17, 15) is 4.39 Å². The summed E-state index contributed by atoms with van der Waals surface area (Å²) in [6.07, 6.45) is 2.55. The van der Waals surface area contributed by atoms with Crippen LogP contribution in [0.25, 0.3) is 0 Å². The lowest BCUT2D eigenvalue weighted by Crippen LogP contribution is -2.29. The summed E-state index contributed by atoms with van der Waals surface area (Å²) < 4.78 is 15.5. The van der Waals surface area contributed by atoms with Crippen molar-refractivity contribution < 1.29 is 4.39 Å². The summed E-state index contributed by atoms with van der Waals surface area (Å²) in [5.74, 6) is 0. The number of aromatic nitrogens is 2. The molecule has 1 atom stereocenters. The summed E-state index contributed by atoms with van der Waals surface area (Å²) in [5.41, 5.74) is 4.45. The summed E-state index contributed by atoms with van der Waals surface area (Å²) in [6, 6.07) is 1.68. The van der Waals surface area contributed by atoms with E-state index >= 15 is 0 Å². The molecule has 3 nitrogen and oxygen atoms in total. The van der Waals surface area contributed by atoms with Crippen LogP contribution in [0.4, 0.5) is 4.39 Å². The molecule has 0 aliphatic heterocycles. The maximum Gasteiger partial charge on any atom is 0.161 e. The molecule has 0 saturated carbocycles. The Labute approximate surface area is 77.7 Å². The van der Waals surface area contributed by atoms with Crippen LogP contribution in [-0.4, -0.2) is 16.3 Å². The molecule has 0 aliphatic carbocycles. The van der Waals surface area contributed by atoms with Crippen LogP contribution in [0.2, 0.25) is 0 Å². The Morgan fingerprint density at radius 2 is 2.38 bits per heavy atom. The number of halogens is 1. The quantitative estimate of drug-likeness (QED) is 0.771. The molecule has 0 spiro atoms. The molecule has 0 fully saturated rings. The summed E-state index contributed by atoms with van der Waals surface area (Å²) >= 11 is 0. The highest BCUT2D eigenvalue weighted by Gasteiger charge is 2.27. The molecule has 0 bridgehead atoms. The van der Waals surface area contributed by atoms with Gasteiger partial charge in [-0.2, -0.15) is 5.10 Å². The molecule has 1 unspecified atom stereocenters. The number of alkyl halides is 1. The average Bonchev–Trinajstić information content (AvgIpc) is 2.54. The fourth-order valence-corrected chi connectivity index (χ4v) is 1.27. The van der Waals surface area contributed by atoms with Gasteiger partial charge in [-0.15, -0.1) is 0 Å². The molecule has 1 heterocycles. The monoisotopic (exact) mass is 185 g/mol. The van der Waals surface area contributed by atoms with Crippen molar-refractivity contribution >= 4 is 0 Å². The van der Waals surface area contributed by atoms with Crippen LogP contribution in [0, 0.1) is 0 Å². The Morgan fingerprint density at radius 1 is 1.69 bits per heavy atom. The van der Waals surface area contributed by atoms with Crippen LogP contribution in [0.3, 0.4) is 0 Å². The van der Waals surface area contributed by atoms with Gasteiger partial charge in [0.1, 0.15) is 0 Å². The van der Waals surface area contributed by atoms with E-state index in [1.165, 1.54) is 6.92 Å². The molecule has 13 heavy (non-hydrogen) atoms. The lowest BCUT2D eigenvalue weighted by Gasteiger charge is -2.19. The third kappa shape index (κ3) is 2.06. The number of rotatable bonds is 4. The second kappa shape index (κ2) is 3.87. The minimum atomic E-state index is -1.47. The first-order chi connectivity index (χ1) is 6.11. The molecule has 0 aliphatic rings. The number of hydrogen-bond donors (Lipinski definition) is 1. The van der Waals surface area contributed by atoms with Gasteiger partial charge in [0, 0.05) is 19.3 Å². The van der Waals surface area contributed by atoms with Gasteiger partial charge in [-0.3, -0.25) is 4.68 Å². The summed E-state index contributed by atoms with van der Waals surface area (Å²) in [7, 11) is 0. The van der Waals surface area contributed by atoms with E-state index in [1.54, 1.807) is 16.9 Å². The lowest BCUT2D eigenvalue weighted by molar-refractivity contribution is 0.186. The Hall–Kier alpha value is -0.900. The smallest absolute Gasteiger partial charge is 0.161 e. The molecule has 0 aromatic carbocycles. The van der Waals surface area contributed by atoms with Crippen molar-refractivity contribution in [3.8, 4) is 0 Å². The second-order valence-electron chi connectivity index (χ2n) is 3.34. The minimum absolute atomic E-state index is 0.0115. The van der Waals surface area contributed by atoms with Crippen LogP contribution < -0.4 is 5.73 Å². The van der Waals surface area contributed by atoms with Gasteiger partial charge in [0.15, 0.2) is 5.67 Å². The maximum absolute atomic E-state index is 13.8. The Morgan fingerprint density at radius 3 is 2.92 bits per heavy atom. The topological polar surface area (TPSA) is 43.8 Å². The first-order valence-electron chi connectivity index (χ1n) is 4.53. The van der Waals surface area contributed by atoms with Crippen molar-refractivity contribution in [1.29, 1.82) is 0 Å². The molecule has 0 radical (unpaired) electrons. The van der Waals surface area contributed by atoms with Gasteiger partial charge in [0.25, 0.3) is 0 Å². The molecule has 1 rings (SSSR count). The van der Waals surface area contributed by atoms with Gasteiger partial charge < -0.3 is 5.73 Å². The molecule has 1 aromatic heterocycles. The lowest BCUT2D eigenvalue weighted by atomic mass is 10.1. The zero-order valence-corrected chi connectivity index (χ0v) is 8.13. The van der Waals surface area contributed by atoms with Crippen LogP contribution in [0.15, 0.2) is 12.3 Å². The van der Waals surface area contributed by atoms with Gasteiger partial charge in [-0.1, -0.05) is 6.92 Å². The Kier molecular flexibility index (Phi) is 3.03. The van der Waals surface area contributed by atoms with Crippen molar-refractivity contribution in [1.82, 2.24) is 9.78 Å². The van der Waals surface area contributed by atoms with Gasteiger partial charge >= 0.3 is 0 Å². The predicted molar refractivity (Wildman–Crippen MR) is 50.0 cm³/mol. The number of nitrogens with zero attached hydrogens (tertiary/aromatic N) is 2. The standard InChI is InChI=1S/C9H16FN3/c1-3-6-13-8(4-5-12-13)9(2,10)7-11/h4-5H,3,6-7,11H2,1-2H3. The first kappa shape index (κ1) is 10.2. The van der Waals surface area contributed by atoms with E-state index < -0.39 is 5.67 Å². The first-order valence-corrected chi connectivity index (χ1v) is 4.53. The SMILES string of the molecule is CCCn1nccc1C(C)(F)CN. The van der Waals surface area contributed by atoms with Crippen molar-refractivity contribution in [2.45, 2.75) is 32.5 Å². The third-order valence-corrected chi connectivity index (χ3v) is 2.07. The van der Waals surface area contributed by atoms with E-state index in [-0.39, 0.29) is 6.54 Å². The zero-order valence-electron chi connectivity index (χ0n) is 8.13. The molecule has 0 amide bonds. The van der Waals surface area contributed by atoms with E-state index in [4.69, 9.17) is 5.73 Å². The Bertz CT molecular complexity index is 268. The Balaban J connectivity index is 2.93. The van der Waals surface area contributed by atoms with Gasteiger partial charge in [0.2, 0.25) is 0 Å². The van der Waals surface area contributed by atoms with Crippen LogP contribution >= 0.6 is 0 Å². The molecule has 4 heteroatoms. The highest BCUT2D eigenvalue weighted by Crippen LogP contribution is 2.23.